The number of aliphatic hydroxyl groups is 1. The smallest absolute Gasteiger partial charge is 0.287 e. The maximum absolute atomic E-state index is 12.0. The van der Waals surface area contributed by atoms with Gasteiger partial charge in [0.25, 0.3) is 11.6 Å². The average Bonchev–Trinajstić information content (AvgIpc) is 2.96. The summed E-state index contributed by atoms with van der Waals surface area (Å²) in [5.74, 6) is -0.297. The van der Waals surface area contributed by atoms with Gasteiger partial charge in [-0.3, -0.25) is 14.9 Å². The van der Waals surface area contributed by atoms with Crippen LogP contribution in [0.3, 0.4) is 0 Å². The standard InChI is InChI=1S/C10H13N3O4/c14-6-7-2-1-3-12(7)10(15)9-4-8(5-11-9)13(16)17/h4-5,7,11,14H,1-3,6H2. The molecule has 0 aromatic carbocycles. The number of hydrogen-bond donors (Lipinski definition) is 2. The van der Waals surface area contributed by atoms with Gasteiger partial charge in [0.15, 0.2) is 0 Å². The second-order valence-electron chi connectivity index (χ2n) is 4.01. The minimum absolute atomic E-state index is 0.0749. The molecular weight excluding hydrogens is 226 g/mol. The number of carbonyl (C=O) groups is 1. The number of aliphatic hydroxyl groups excluding tert-OH is 1. The molecule has 1 aliphatic rings. The largest absolute Gasteiger partial charge is 0.394 e. The summed E-state index contributed by atoms with van der Waals surface area (Å²) in [4.78, 5) is 26.1. The Morgan fingerprint density at radius 2 is 2.47 bits per heavy atom. The van der Waals surface area contributed by atoms with Gasteiger partial charge in [0.2, 0.25) is 0 Å². The molecule has 1 atom stereocenters. The van der Waals surface area contributed by atoms with E-state index in [-0.39, 0.29) is 29.9 Å². The van der Waals surface area contributed by atoms with Gasteiger partial charge in [-0.25, -0.2) is 0 Å². The number of aromatic amines is 1. The van der Waals surface area contributed by atoms with Crippen LogP contribution in [0.15, 0.2) is 12.3 Å². The van der Waals surface area contributed by atoms with Crippen LogP contribution in [-0.4, -0.2) is 45.0 Å². The van der Waals surface area contributed by atoms with Gasteiger partial charge in [-0.15, -0.1) is 0 Å². The molecule has 1 amide bonds. The van der Waals surface area contributed by atoms with Crippen molar-refractivity contribution >= 4 is 11.6 Å². The van der Waals surface area contributed by atoms with Gasteiger partial charge < -0.3 is 15.0 Å². The van der Waals surface area contributed by atoms with Crippen molar-refractivity contribution in [1.29, 1.82) is 0 Å². The number of hydrogen-bond acceptors (Lipinski definition) is 4. The van der Waals surface area contributed by atoms with Crippen molar-refractivity contribution < 1.29 is 14.8 Å². The molecule has 1 aromatic rings. The molecule has 2 rings (SSSR count). The summed E-state index contributed by atoms with van der Waals surface area (Å²) in [6.45, 7) is 0.505. The van der Waals surface area contributed by atoms with Gasteiger partial charge in [-0.1, -0.05) is 0 Å². The SMILES string of the molecule is O=C(c1cc([N+](=O)[O-])c[nH]1)N1CCCC1CO. The van der Waals surface area contributed by atoms with Gasteiger partial charge in [-0.2, -0.15) is 0 Å². The lowest BCUT2D eigenvalue weighted by atomic mass is 10.2. The number of nitro groups is 1. The van der Waals surface area contributed by atoms with Crippen LogP contribution in [0.2, 0.25) is 0 Å². The van der Waals surface area contributed by atoms with Crippen LogP contribution in [0.4, 0.5) is 5.69 Å². The van der Waals surface area contributed by atoms with E-state index >= 15 is 0 Å². The zero-order valence-electron chi connectivity index (χ0n) is 9.13. The number of aromatic nitrogens is 1. The van der Waals surface area contributed by atoms with Crippen molar-refractivity contribution in [2.75, 3.05) is 13.2 Å². The molecule has 0 aliphatic carbocycles. The first-order valence-corrected chi connectivity index (χ1v) is 5.38. The molecule has 1 saturated heterocycles. The number of carbonyl (C=O) groups excluding carboxylic acids is 1. The monoisotopic (exact) mass is 239 g/mol. The van der Waals surface area contributed by atoms with E-state index < -0.39 is 4.92 Å². The highest BCUT2D eigenvalue weighted by Gasteiger charge is 2.30. The number of nitrogens with one attached hydrogen (secondary N) is 1. The Kier molecular flexibility index (Phi) is 3.10. The molecule has 1 aromatic heterocycles. The van der Waals surface area contributed by atoms with E-state index in [0.29, 0.717) is 6.54 Å². The molecule has 1 aliphatic heterocycles. The highest BCUT2D eigenvalue weighted by molar-refractivity contribution is 5.93. The summed E-state index contributed by atoms with van der Waals surface area (Å²) in [6, 6.07) is 1.04. The van der Waals surface area contributed by atoms with Crippen LogP contribution in [-0.2, 0) is 0 Å². The minimum Gasteiger partial charge on any atom is -0.394 e. The van der Waals surface area contributed by atoms with Crippen LogP contribution in [0.5, 0.6) is 0 Å². The minimum atomic E-state index is -0.555. The Morgan fingerprint density at radius 3 is 3.06 bits per heavy atom. The number of likely N-dealkylation sites (tertiary alicyclic amines) is 1. The molecule has 1 fully saturated rings. The van der Waals surface area contributed by atoms with E-state index in [1.807, 2.05) is 0 Å². The van der Waals surface area contributed by atoms with E-state index in [1.165, 1.54) is 12.3 Å². The molecular formula is C10H13N3O4. The van der Waals surface area contributed by atoms with Crippen LogP contribution in [0, 0.1) is 10.1 Å². The lowest BCUT2D eigenvalue weighted by Crippen LogP contribution is -2.37. The normalized spacial score (nSPS) is 19.6. The highest BCUT2D eigenvalue weighted by Crippen LogP contribution is 2.21. The third-order valence-corrected chi connectivity index (χ3v) is 2.96. The second kappa shape index (κ2) is 4.54. The maximum Gasteiger partial charge on any atom is 0.287 e. The third kappa shape index (κ3) is 2.14. The number of amides is 1. The summed E-state index contributed by atoms with van der Waals surface area (Å²) < 4.78 is 0. The molecule has 2 N–H and O–H groups in total. The van der Waals surface area contributed by atoms with Gasteiger partial charge in [0.1, 0.15) is 5.69 Å². The van der Waals surface area contributed by atoms with Crippen molar-refractivity contribution in [3.05, 3.63) is 28.1 Å². The molecule has 2 heterocycles. The van der Waals surface area contributed by atoms with Crippen LogP contribution in [0.1, 0.15) is 23.3 Å². The Bertz CT molecular complexity index is 443. The molecule has 0 saturated carbocycles. The quantitative estimate of drug-likeness (QED) is 0.593. The number of nitrogens with zero attached hydrogens (tertiary/aromatic N) is 2. The molecule has 0 radical (unpaired) electrons. The Morgan fingerprint density at radius 1 is 1.71 bits per heavy atom. The fourth-order valence-corrected chi connectivity index (χ4v) is 2.06. The highest BCUT2D eigenvalue weighted by atomic mass is 16.6. The summed E-state index contributed by atoms with van der Waals surface area (Å²) in [5.41, 5.74) is 0.0603. The predicted molar refractivity (Wildman–Crippen MR) is 58.6 cm³/mol. The Labute approximate surface area is 97.2 Å². The summed E-state index contributed by atoms with van der Waals surface area (Å²) in [6.07, 6.45) is 2.81. The van der Waals surface area contributed by atoms with E-state index in [9.17, 15) is 14.9 Å². The average molecular weight is 239 g/mol. The zero-order chi connectivity index (χ0) is 12.4. The maximum atomic E-state index is 12.0. The number of H-pyrrole nitrogens is 1. The van der Waals surface area contributed by atoms with E-state index in [4.69, 9.17) is 5.11 Å². The summed E-state index contributed by atoms with van der Waals surface area (Å²) in [7, 11) is 0. The second-order valence-corrected chi connectivity index (χ2v) is 4.01. The van der Waals surface area contributed by atoms with Gasteiger partial charge >= 0.3 is 0 Å². The summed E-state index contributed by atoms with van der Waals surface area (Å²) >= 11 is 0. The van der Waals surface area contributed by atoms with Crippen molar-refractivity contribution in [3.63, 3.8) is 0 Å². The molecule has 7 heteroatoms. The van der Waals surface area contributed by atoms with Crippen molar-refractivity contribution in [2.24, 2.45) is 0 Å². The van der Waals surface area contributed by atoms with Crippen LogP contribution < -0.4 is 0 Å². The van der Waals surface area contributed by atoms with Crippen molar-refractivity contribution in [1.82, 2.24) is 9.88 Å². The summed E-state index contributed by atoms with van der Waals surface area (Å²) in [5, 5.41) is 19.6. The van der Waals surface area contributed by atoms with E-state index in [0.717, 1.165) is 12.8 Å². The molecule has 1 unspecified atom stereocenters. The van der Waals surface area contributed by atoms with E-state index in [2.05, 4.69) is 4.98 Å². The molecule has 7 nitrogen and oxygen atoms in total. The Hall–Kier alpha value is -1.89. The van der Waals surface area contributed by atoms with E-state index in [1.54, 1.807) is 4.90 Å². The van der Waals surface area contributed by atoms with Crippen molar-refractivity contribution in [3.8, 4) is 0 Å². The lowest BCUT2D eigenvalue weighted by molar-refractivity contribution is -0.384. The Balaban J connectivity index is 2.16. The zero-order valence-corrected chi connectivity index (χ0v) is 9.13. The molecule has 0 spiro atoms. The first-order chi connectivity index (χ1) is 8.13. The van der Waals surface area contributed by atoms with Gasteiger partial charge in [0.05, 0.1) is 23.8 Å². The molecule has 17 heavy (non-hydrogen) atoms. The topological polar surface area (TPSA) is 99.5 Å². The van der Waals surface area contributed by atoms with Crippen molar-refractivity contribution in [2.45, 2.75) is 18.9 Å². The first kappa shape index (κ1) is 11.6. The molecule has 0 bridgehead atoms. The van der Waals surface area contributed by atoms with Crippen LogP contribution >= 0.6 is 0 Å². The molecule has 92 valence electrons. The fraction of sp³-hybridized carbons (Fsp3) is 0.500. The third-order valence-electron chi connectivity index (χ3n) is 2.96. The van der Waals surface area contributed by atoms with Crippen LogP contribution in [0.25, 0.3) is 0 Å². The number of rotatable bonds is 3. The fourth-order valence-electron chi connectivity index (χ4n) is 2.06. The van der Waals surface area contributed by atoms with Gasteiger partial charge in [-0.05, 0) is 12.8 Å². The first-order valence-electron chi connectivity index (χ1n) is 5.38. The predicted octanol–water partition coefficient (Wildman–Crippen LogP) is 0.520. The van der Waals surface area contributed by atoms with Gasteiger partial charge in [0, 0.05) is 12.6 Å². The lowest BCUT2D eigenvalue weighted by Gasteiger charge is -2.22.